The number of carbonyl (C=O) groups is 2. The highest BCUT2D eigenvalue weighted by Gasteiger charge is 2.24. The fourth-order valence-electron chi connectivity index (χ4n) is 4.32. The fraction of sp³-hybridized carbons (Fsp3) is 0.269. The van der Waals surface area contributed by atoms with Crippen molar-refractivity contribution >= 4 is 50.8 Å². The molecule has 0 radical (unpaired) electrons. The molecule has 5 rings (SSSR count). The largest absolute Gasteiger partial charge is 0.353 e. The number of aryl methyl sites for hydroxylation is 1. The second kappa shape index (κ2) is 10.7. The van der Waals surface area contributed by atoms with E-state index in [1.54, 1.807) is 30.2 Å². The number of nitrogens with zero attached hydrogens (tertiary/aromatic N) is 5. The van der Waals surface area contributed by atoms with Crippen LogP contribution in [-0.2, 0) is 17.9 Å². The number of piperazine rings is 1. The van der Waals surface area contributed by atoms with Crippen molar-refractivity contribution in [2.24, 2.45) is 0 Å². The number of amides is 2. The molecule has 1 aliphatic rings. The molecule has 0 aliphatic carbocycles. The van der Waals surface area contributed by atoms with E-state index >= 15 is 0 Å². The maximum Gasteiger partial charge on any atom is 0.262 e. The number of pyridine rings is 1. The quantitative estimate of drug-likeness (QED) is 0.406. The molecule has 1 N–H and O–H groups in total. The van der Waals surface area contributed by atoms with Crippen molar-refractivity contribution in [1.82, 2.24) is 24.8 Å². The second-order valence-corrected chi connectivity index (χ2v) is 10.2. The third-order valence-corrected chi connectivity index (χ3v) is 7.85. The van der Waals surface area contributed by atoms with Crippen LogP contribution in [0.2, 0.25) is 5.02 Å². The molecule has 3 aromatic heterocycles. The Kier molecular flexibility index (Phi) is 7.20. The molecule has 0 saturated carbocycles. The second-order valence-electron chi connectivity index (χ2n) is 8.78. The van der Waals surface area contributed by atoms with Crippen molar-refractivity contribution in [2.45, 2.75) is 20.0 Å². The summed E-state index contributed by atoms with van der Waals surface area (Å²) in [6.45, 7) is 4.43. The zero-order chi connectivity index (χ0) is 25.9. The number of hydrogen-bond donors (Lipinski definition) is 1. The van der Waals surface area contributed by atoms with Crippen molar-refractivity contribution < 1.29 is 9.59 Å². The van der Waals surface area contributed by atoms with Crippen LogP contribution in [0.25, 0.3) is 10.2 Å². The molecule has 1 aliphatic heterocycles. The summed E-state index contributed by atoms with van der Waals surface area (Å²) in [6.07, 6.45) is 3.14. The van der Waals surface area contributed by atoms with E-state index in [2.05, 4.69) is 20.2 Å². The Morgan fingerprint density at radius 1 is 1.05 bits per heavy atom. The van der Waals surface area contributed by atoms with Gasteiger partial charge in [0.1, 0.15) is 17.2 Å². The summed E-state index contributed by atoms with van der Waals surface area (Å²) in [4.78, 5) is 52.6. The molecule has 0 spiro atoms. The van der Waals surface area contributed by atoms with Gasteiger partial charge >= 0.3 is 0 Å². The molecule has 11 heteroatoms. The predicted molar refractivity (Wildman–Crippen MR) is 144 cm³/mol. The molecule has 9 nitrogen and oxygen atoms in total. The molecular formula is C26H25ClN6O3S. The minimum absolute atomic E-state index is 0.0985. The Balaban J connectivity index is 1.26. The van der Waals surface area contributed by atoms with E-state index in [9.17, 15) is 14.4 Å². The Morgan fingerprint density at radius 3 is 2.51 bits per heavy atom. The molecule has 190 valence electrons. The predicted octanol–water partition coefficient (Wildman–Crippen LogP) is 3.09. The van der Waals surface area contributed by atoms with Crippen LogP contribution >= 0.6 is 22.9 Å². The van der Waals surface area contributed by atoms with Gasteiger partial charge in [0.05, 0.1) is 16.6 Å². The van der Waals surface area contributed by atoms with E-state index in [1.807, 2.05) is 30.3 Å². The molecule has 0 atom stereocenters. The minimum atomic E-state index is -0.323. The van der Waals surface area contributed by atoms with E-state index in [4.69, 9.17) is 11.6 Å². The minimum Gasteiger partial charge on any atom is -0.353 e. The summed E-state index contributed by atoms with van der Waals surface area (Å²) in [5.74, 6) is 0.474. The van der Waals surface area contributed by atoms with Crippen LogP contribution < -0.4 is 15.8 Å². The molecule has 1 saturated heterocycles. The van der Waals surface area contributed by atoms with Gasteiger partial charge in [-0.1, -0.05) is 29.8 Å². The first kappa shape index (κ1) is 24.9. The van der Waals surface area contributed by atoms with Crippen LogP contribution in [0.3, 0.4) is 0 Å². The molecule has 0 bridgehead atoms. The van der Waals surface area contributed by atoms with Gasteiger partial charge in [-0.2, -0.15) is 0 Å². The van der Waals surface area contributed by atoms with Crippen LogP contribution in [0.5, 0.6) is 0 Å². The van der Waals surface area contributed by atoms with Gasteiger partial charge in [-0.05, 0) is 42.3 Å². The van der Waals surface area contributed by atoms with Crippen LogP contribution in [0, 0.1) is 6.92 Å². The maximum atomic E-state index is 13.2. The number of rotatable bonds is 6. The van der Waals surface area contributed by atoms with E-state index in [0.717, 1.165) is 11.4 Å². The van der Waals surface area contributed by atoms with Gasteiger partial charge in [0.2, 0.25) is 5.91 Å². The van der Waals surface area contributed by atoms with Crippen molar-refractivity contribution in [3.05, 3.63) is 86.4 Å². The monoisotopic (exact) mass is 536 g/mol. The molecular weight excluding hydrogens is 512 g/mol. The first-order chi connectivity index (χ1) is 17.9. The van der Waals surface area contributed by atoms with Crippen molar-refractivity contribution in [3.63, 3.8) is 0 Å². The number of nitrogens with one attached hydrogen (secondary N) is 1. The van der Waals surface area contributed by atoms with Gasteiger partial charge in [0.25, 0.3) is 11.5 Å². The number of halogens is 1. The van der Waals surface area contributed by atoms with Gasteiger partial charge < -0.3 is 15.1 Å². The molecule has 4 aromatic rings. The molecule has 1 aromatic carbocycles. The number of anilines is 1. The van der Waals surface area contributed by atoms with E-state index in [-0.39, 0.29) is 23.9 Å². The number of carbonyl (C=O) groups excluding carboxylic acids is 2. The molecule has 1 fully saturated rings. The summed E-state index contributed by atoms with van der Waals surface area (Å²) < 4.78 is 1.32. The lowest BCUT2D eigenvalue weighted by atomic mass is 10.2. The molecule has 4 heterocycles. The number of thiophene rings is 1. The topological polar surface area (TPSA) is 100 Å². The number of benzene rings is 1. The van der Waals surface area contributed by atoms with E-state index in [0.29, 0.717) is 58.4 Å². The van der Waals surface area contributed by atoms with Gasteiger partial charge in [-0.25, -0.2) is 9.97 Å². The first-order valence-electron chi connectivity index (χ1n) is 11.9. The lowest BCUT2D eigenvalue weighted by molar-refractivity contribution is -0.132. The lowest BCUT2D eigenvalue weighted by Gasteiger charge is -2.35. The number of fused-ring (bicyclic) bond motifs is 1. The Bertz CT molecular complexity index is 1490. The zero-order valence-electron chi connectivity index (χ0n) is 20.2. The van der Waals surface area contributed by atoms with E-state index in [1.165, 1.54) is 22.2 Å². The highest BCUT2D eigenvalue weighted by atomic mass is 35.5. The maximum absolute atomic E-state index is 13.2. The van der Waals surface area contributed by atoms with Gasteiger partial charge in [0, 0.05) is 43.9 Å². The number of hydrogen-bond acceptors (Lipinski definition) is 7. The third-order valence-electron chi connectivity index (χ3n) is 6.40. The Labute approximate surface area is 222 Å². The Morgan fingerprint density at radius 2 is 1.81 bits per heavy atom. The average molecular weight is 537 g/mol. The van der Waals surface area contributed by atoms with Gasteiger partial charge in [0.15, 0.2) is 0 Å². The van der Waals surface area contributed by atoms with Crippen molar-refractivity contribution in [2.75, 3.05) is 31.1 Å². The van der Waals surface area contributed by atoms with Crippen LogP contribution in [0.15, 0.2) is 59.8 Å². The fourth-order valence-corrected chi connectivity index (χ4v) is 5.51. The normalized spacial score (nSPS) is 13.7. The van der Waals surface area contributed by atoms with E-state index < -0.39 is 0 Å². The van der Waals surface area contributed by atoms with Crippen LogP contribution in [0.1, 0.15) is 20.8 Å². The van der Waals surface area contributed by atoms with Crippen LogP contribution in [-0.4, -0.2) is 57.4 Å². The summed E-state index contributed by atoms with van der Waals surface area (Å²) in [5, 5.41) is 3.88. The molecule has 0 unspecified atom stereocenters. The number of aromatic nitrogens is 3. The average Bonchev–Trinajstić information content (AvgIpc) is 3.27. The van der Waals surface area contributed by atoms with Gasteiger partial charge in [-0.15, -0.1) is 11.3 Å². The molecule has 2 amide bonds. The molecule has 37 heavy (non-hydrogen) atoms. The highest BCUT2D eigenvalue weighted by molar-refractivity contribution is 7.20. The third kappa shape index (κ3) is 5.35. The van der Waals surface area contributed by atoms with Gasteiger partial charge in [-0.3, -0.25) is 19.0 Å². The lowest BCUT2D eigenvalue weighted by Crippen LogP contribution is -2.50. The SMILES string of the molecule is Cc1c(C(=O)NCc2ccc(Cl)cc2)sc2ncn(CC(=O)N3CCN(c4ccccn4)CC3)c(=O)c12. The summed E-state index contributed by atoms with van der Waals surface area (Å²) >= 11 is 7.09. The van der Waals surface area contributed by atoms with Crippen molar-refractivity contribution in [3.8, 4) is 0 Å². The highest BCUT2D eigenvalue weighted by Crippen LogP contribution is 2.27. The van der Waals surface area contributed by atoms with Crippen molar-refractivity contribution in [1.29, 1.82) is 0 Å². The first-order valence-corrected chi connectivity index (χ1v) is 13.0. The van der Waals surface area contributed by atoms with Crippen LogP contribution in [0.4, 0.5) is 5.82 Å². The summed E-state index contributed by atoms with van der Waals surface area (Å²) in [6, 6.07) is 13.0. The zero-order valence-corrected chi connectivity index (χ0v) is 21.8. The summed E-state index contributed by atoms with van der Waals surface area (Å²) in [7, 11) is 0. The smallest absolute Gasteiger partial charge is 0.262 e. The Hall–Kier alpha value is -3.76. The standard InChI is InChI=1S/C26H25ClN6O3S/c1-17-22-25(37-23(17)24(35)29-14-18-5-7-19(27)8-6-18)30-16-33(26(22)36)15-21(34)32-12-10-31(11-13-32)20-4-2-3-9-28-20/h2-9,16H,10-15H2,1H3,(H,29,35). The summed E-state index contributed by atoms with van der Waals surface area (Å²) in [5.41, 5.74) is 1.16.